The molecule has 0 heterocycles. The van der Waals surface area contributed by atoms with E-state index in [0.29, 0.717) is 21.0 Å². The first-order valence-corrected chi connectivity index (χ1v) is 5.28. The highest BCUT2D eigenvalue weighted by atomic mass is 35.5. The fraction of sp³-hybridized carbons (Fsp3) is 0.400. The molecule has 0 N–H and O–H groups in total. The normalized spacial score (nSPS) is 10.9. The Labute approximate surface area is 93.8 Å². The molecule has 0 unspecified atom stereocenters. The smallest absolute Gasteiger partial charge is 0.0639 e. The summed E-state index contributed by atoms with van der Waals surface area (Å²) in [5, 5.41) is 1.85. The first-order valence-electron chi connectivity index (χ1n) is 4.14. The predicted octanol–water partition coefficient (Wildman–Crippen LogP) is 4.85. The summed E-state index contributed by atoms with van der Waals surface area (Å²) in [5.41, 5.74) is 0.950. The minimum atomic E-state index is 0.522. The summed E-state index contributed by atoms with van der Waals surface area (Å²) in [4.78, 5) is 0. The largest absolute Gasteiger partial charge is 0.0840 e. The fourth-order valence-corrected chi connectivity index (χ4v) is 1.87. The van der Waals surface area contributed by atoms with Crippen molar-refractivity contribution < 1.29 is 0 Å². The fourth-order valence-electron chi connectivity index (χ4n) is 1.16. The van der Waals surface area contributed by atoms with E-state index in [1.54, 1.807) is 12.1 Å². The summed E-state index contributed by atoms with van der Waals surface area (Å²) in [6, 6.07) is 3.50. The van der Waals surface area contributed by atoms with Crippen LogP contribution in [0.2, 0.25) is 15.1 Å². The Bertz CT molecular complexity index is 305. The Kier molecular flexibility index (Phi) is 3.90. The zero-order valence-electron chi connectivity index (χ0n) is 7.57. The summed E-state index contributed by atoms with van der Waals surface area (Å²) >= 11 is 17.9. The molecule has 0 radical (unpaired) electrons. The number of hydrogen-bond donors (Lipinski definition) is 0. The number of rotatable bonds is 2. The van der Waals surface area contributed by atoms with Gasteiger partial charge in [0.2, 0.25) is 0 Å². The van der Waals surface area contributed by atoms with Crippen LogP contribution in [0.4, 0.5) is 0 Å². The maximum absolute atomic E-state index is 6.03. The van der Waals surface area contributed by atoms with Gasteiger partial charge in [-0.1, -0.05) is 48.7 Å². The molecule has 0 saturated carbocycles. The third-order valence-corrected chi connectivity index (χ3v) is 2.95. The molecule has 0 fully saturated rings. The molecule has 0 nitrogen and oxygen atoms in total. The van der Waals surface area contributed by atoms with Crippen LogP contribution < -0.4 is 0 Å². The summed E-state index contributed by atoms with van der Waals surface area (Å²) in [6.07, 6.45) is 0.859. The van der Waals surface area contributed by atoms with Crippen LogP contribution in [0, 0.1) is 5.92 Å². The molecule has 1 aromatic rings. The van der Waals surface area contributed by atoms with E-state index in [2.05, 4.69) is 13.8 Å². The molecule has 0 amide bonds. The minimum absolute atomic E-state index is 0.522. The van der Waals surface area contributed by atoms with Gasteiger partial charge in [0.05, 0.1) is 10.0 Å². The zero-order valence-corrected chi connectivity index (χ0v) is 9.84. The minimum Gasteiger partial charge on any atom is -0.0840 e. The van der Waals surface area contributed by atoms with Crippen LogP contribution in [0.3, 0.4) is 0 Å². The molecule has 0 aliphatic rings. The summed E-state index contributed by atoms with van der Waals surface area (Å²) < 4.78 is 0. The Morgan fingerprint density at radius 1 is 1.08 bits per heavy atom. The van der Waals surface area contributed by atoms with E-state index in [-0.39, 0.29) is 0 Å². The molecule has 0 bridgehead atoms. The van der Waals surface area contributed by atoms with Gasteiger partial charge in [-0.05, 0) is 30.0 Å². The lowest BCUT2D eigenvalue weighted by Crippen LogP contribution is -1.96. The maximum atomic E-state index is 6.03. The van der Waals surface area contributed by atoms with Crippen LogP contribution in [0.25, 0.3) is 0 Å². The zero-order chi connectivity index (χ0) is 10.0. The average molecular weight is 238 g/mol. The van der Waals surface area contributed by atoms with Crippen molar-refractivity contribution >= 4 is 34.8 Å². The Morgan fingerprint density at radius 3 is 2.15 bits per heavy atom. The van der Waals surface area contributed by atoms with E-state index < -0.39 is 0 Å². The number of hydrogen-bond acceptors (Lipinski definition) is 0. The molecular formula is C10H11Cl3. The highest BCUT2D eigenvalue weighted by Crippen LogP contribution is 2.32. The molecule has 1 rings (SSSR count). The van der Waals surface area contributed by atoms with Gasteiger partial charge in [0, 0.05) is 5.02 Å². The van der Waals surface area contributed by atoms with Crippen molar-refractivity contribution in [2.75, 3.05) is 0 Å². The SMILES string of the molecule is CC(C)Cc1c(Cl)ccc(Cl)c1Cl. The quantitative estimate of drug-likeness (QED) is 0.645. The summed E-state index contributed by atoms with van der Waals surface area (Å²) in [5.74, 6) is 0.522. The van der Waals surface area contributed by atoms with Gasteiger partial charge in [0.15, 0.2) is 0 Å². The van der Waals surface area contributed by atoms with E-state index in [4.69, 9.17) is 34.8 Å². The van der Waals surface area contributed by atoms with Gasteiger partial charge in [0.1, 0.15) is 0 Å². The molecule has 1 aromatic carbocycles. The first kappa shape index (κ1) is 11.2. The third-order valence-electron chi connectivity index (χ3n) is 1.75. The van der Waals surface area contributed by atoms with Gasteiger partial charge in [-0.15, -0.1) is 0 Å². The van der Waals surface area contributed by atoms with Crippen LogP contribution in [0.5, 0.6) is 0 Å². The van der Waals surface area contributed by atoms with Crippen LogP contribution in [0.15, 0.2) is 12.1 Å². The van der Waals surface area contributed by atoms with E-state index in [0.717, 1.165) is 12.0 Å². The second-order valence-electron chi connectivity index (χ2n) is 3.42. The van der Waals surface area contributed by atoms with Gasteiger partial charge < -0.3 is 0 Å². The molecule has 0 aliphatic heterocycles. The monoisotopic (exact) mass is 236 g/mol. The maximum Gasteiger partial charge on any atom is 0.0639 e. The van der Waals surface area contributed by atoms with Crippen molar-refractivity contribution in [3.8, 4) is 0 Å². The standard InChI is InChI=1S/C10H11Cl3/c1-6(2)5-7-8(11)3-4-9(12)10(7)13/h3-4,6H,5H2,1-2H3. The third kappa shape index (κ3) is 2.77. The van der Waals surface area contributed by atoms with Gasteiger partial charge in [-0.25, -0.2) is 0 Å². The van der Waals surface area contributed by atoms with Crippen molar-refractivity contribution in [3.05, 3.63) is 32.8 Å². The van der Waals surface area contributed by atoms with Gasteiger partial charge in [-0.2, -0.15) is 0 Å². The highest BCUT2D eigenvalue weighted by molar-refractivity contribution is 6.44. The Balaban J connectivity index is 3.10. The van der Waals surface area contributed by atoms with Crippen LogP contribution >= 0.6 is 34.8 Å². The lowest BCUT2D eigenvalue weighted by Gasteiger charge is -2.10. The van der Waals surface area contributed by atoms with Crippen molar-refractivity contribution in [1.29, 1.82) is 0 Å². The molecule has 0 atom stereocenters. The molecule has 72 valence electrons. The van der Waals surface area contributed by atoms with Crippen LogP contribution in [0.1, 0.15) is 19.4 Å². The van der Waals surface area contributed by atoms with Crippen LogP contribution in [-0.2, 0) is 6.42 Å². The number of benzene rings is 1. The second-order valence-corrected chi connectivity index (χ2v) is 4.61. The van der Waals surface area contributed by atoms with Gasteiger partial charge in [-0.3, -0.25) is 0 Å². The Morgan fingerprint density at radius 2 is 1.62 bits per heavy atom. The molecule has 0 aliphatic carbocycles. The van der Waals surface area contributed by atoms with E-state index in [9.17, 15) is 0 Å². The molecule has 13 heavy (non-hydrogen) atoms. The predicted molar refractivity (Wildman–Crippen MR) is 60.0 cm³/mol. The van der Waals surface area contributed by atoms with E-state index in [1.165, 1.54) is 0 Å². The highest BCUT2D eigenvalue weighted by Gasteiger charge is 2.10. The van der Waals surface area contributed by atoms with Crippen molar-refractivity contribution in [1.82, 2.24) is 0 Å². The average Bonchev–Trinajstić information content (AvgIpc) is 2.05. The Hall–Kier alpha value is 0.0900. The van der Waals surface area contributed by atoms with Crippen LogP contribution in [-0.4, -0.2) is 0 Å². The molecule has 3 heteroatoms. The van der Waals surface area contributed by atoms with E-state index >= 15 is 0 Å². The van der Waals surface area contributed by atoms with Gasteiger partial charge in [0.25, 0.3) is 0 Å². The van der Waals surface area contributed by atoms with Crippen molar-refractivity contribution in [2.24, 2.45) is 5.92 Å². The molecule has 0 aromatic heterocycles. The lowest BCUT2D eigenvalue weighted by atomic mass is 10.0. The molecule has 0 spiro atoms. The molecular weight excluding hydrogens is 226 g/mol. The summed E-state index contributed by atoms with van der Waals surface area (Å²) in [7, 11) is 0. The number of halogens is 3. The second kappa shape index (κ2) is 4.54. The molecule has 0 saturated heterocycles. The first-order chi connectivity index (χ1) is 6.02. The van der Waals surface area contributed by atoms with Crippen molar-refractivity contribution in [2.45, 2.75) is 20.3 Å². The van der Waals surface area contributed by atoms with Crippen molar-refractivity contribution in [3.63, 3.8) is 0 Å². The van der Waals surface area contributed by atoms with Gasteiger partial charge >= 0.3 is 0 Å². The topological polar surface area (TPSA) is 0 Å². The summed E-state index contributed by atoms with van der Waals surface area (Å²) in [6.45, 7) is 4.24. The lowest BCUT2D eigenvalue weighted by molar-refractivity contribution is 0.647. The van der Waals surface area contributed by atoms with E-state index in [1.807, 2.05) is 0 Å².